The van der Waals surface area contributed by atoms with Crippen molar-refractivity contribution in [2.24, 2.45) is 5.92 Å². The fourth-order valence-electron chi connectivity index (χ4n) is 2.52. The van der Waals surface area contributed by atoms with Gasteiger partial charge < -0.3 is 15.4 Å². The number of rotatable bonds is 4. The zero-order valence-corrected chi connectivity index (χ0v) is 11.5. The van der Waals surface area contributed by atoms with Gasteiger partial charge in [-0.15, -0.1) is 0 Å². The number of nitrogen functional groups attached to an aromatic ring is 1. The lowest BCUT2D eigenvalue weighted by Crippen LogP contribution is -2.34. The van der Waals surface area contributed by atoms with Gasteiger partial charge in [0, 0.05) is 36.6 Å². The Hall–Kier alpha value is -1.38. The van der Waals surface area contributed by atoms with Crippen LogP contribution in [0.4, 0.5) is 11.4 Å². The molecule has 3 heteroatoms. The van der Waals surface area contributed by atoms with Crippen LogP contribution >= 0.6 is 0 Å². The highest BCUT2D eigenvalue weighted by Crippen LogP contribution is 2.29. The number of hydrogen-bond acceptors (Lipinski definition) is 3. The summed E-state index contributed by atoms with van der Waals surface area (Å²) in [5.74, 6) is 1.66. The van der Waals surface area contributed by atoms with Crippen LogP contribution in [-0.2, 0) is 0 Å². The van der Waals surface area contributed by atoms with Crippen LogP contribution in [0.1, 0.15) is 33.1 Å². The molecule has 0 bridgehead atoms. The third-order valence-corrected chi connectivity index (χ3v) is 3.41. The van der Waals surface area contributed by atoms with Gasteiger partial charge in [-0.2, -0.15) is 0 Å². The normalized spacial score (nSPS) is 19.9. The minimum absolute atomic E-state index is 0.749. The monoisotopic (exact) mass is 248 g/mol. The molecule has 1 aromatic carbocycles. The first kappa shape index (κ1) is 13.1. The Morgan fingerprint density at radius 2 is 2.22 bits per heavy atom. The van der Waals surface area contributed by atoms with Gasteiger partial charge in [-0.05, 0) is 31.2 Å². The SMILES string of the molecule is CCCOc1cc(N)cc(N2CCCC(C)C2)c1. The number of nitrogens with zero attached hydrogens (tertiary/aromatic N) is 1. The van der Waals surface area contributed by atoms with Crippen molar-refractivity contribution in [3.05, 3.63) is 18.2 Å². The molecule has 1 heterocycles. The van der Waals surface area contributed by atoms with E-state index in [1.165, 1.54) is 18.5 Å². The summed E-state index contributed by atoms with van der Waals surface area (Å²) in [4.78, 5) is 2.42. The van der Waals surface area contributed by atoms with Crippen LogP contribution < -0.4 is 15.4 Å². The first-order valence-electron chi connectivity index (χ1n) is 6.97. The Kier molecular flexibility index (Phi) is 4.34. The molecule has 100 valence electrons. The van der Waals surface area contributed by atoms with Crippen molar-refractivity contribution >= 4 is 11.4 Å². The Morgan fingerprint density at radius 1 is 1.39 bits per heavy atom. The quantitative estimate of drug-likeness (QED) is 0.831. The summed E-state index contributed by atoms with van der Waals surface area (Å²) in [6.45, 7) is 7.42. The highest BCUT2D eigenvalue weighted by atomic mass is 16.5. The number of benzene rings is 1. The summed E-state index contributed by atoms with van der Waals surface area (Å²) in [6, 6.07) is 6.08. The predicted octanol–water partition coefficient (Wildman–Crippen LogP) is 3.29. The lowest BCUT2D eigenvalue weighted by Gasteiger charge is -2.33. The molecule has 1 atom stereocenters. The number of nitrogens with two attached hydrogens (primary N) is 1. The van der Waals surface area contributed by atoms with E-state index in [9.17, 15) is 0 Å². The minimum Gasteiger partial charge on any atom is -0.493 e. The topological polar surface area (TPSA) is 38.5 Å². The van der Waals surface area contributed by atoms with Gasteiger partial charge in [-0.1, -0.05) is 13.8 Å². The fraction of sp³-hybridized carbons (Fsp3) is 0.600. The predicted molar refractivity (Wildman–Crippen MR) is 77.3 cm³/mol. The van der Waals surface area contributed by atoms with E-state index < -0.39 is 0 Å². The summed E-state index contributed by atoms with van der Waals surface area (Å²) < 4.78 is 5.69. The van der Waals surface area contributed by atoms with Crippen molar-refractivity contribution in [3.63, 3.8) is 0 Å². The van der Waals surface area contributed by atoms with Crippen molar-refractivity contribution in [2.75, 3.05) is 30.3 Å². The molecule has 0 radical (unpaired) electrons. The van der Waals surface area contributed by atoms with Crippen LogP contribution in [0.5, 0.6) is 5.75 Å². The first-order chi connectivity index (χ1) is 8.69. The largest absolute Gasteiger partial charge is 0.493 e. The highest BCUT2D eigenvalue weighted by molar-refractivity contribution is 5.60. The molecule has 0 amide bonds. The van der Waals surface area contributed by atoms with Gasteiger partial charge in [-0.25, -0.2) is 0 Å². The zero-order chi connectivity index (χ0) is 13.0. The third kappa shape index (κ3) is 3.31. The molecule has 0 aromatic heterocycles. The van der Waals surface area contributed by atoms with E-state index in [4.69, 9.17) is 10.5 Å². The van der Waals surface area contributed by atoms with E-state index in [1.807, 2.05) is 6.07 Å². The summed E-state index contributed by atoms with van der Waals surface area (Å²) in [7, 11) is 0. The van der Waals surface area contributed by atoms with Crippen LogP contribution in [0.15, 0.2) is 18.2 Å². The molecule has 1 fully saturated rings. The molecule has 2 rings (SSSR count). The summed E-state index contributed by atoms with van der Waals surface area (Å²) in [5.41, 5.74) is 7.96. The molecule has 0 aliphatic carbocycles. The van der Waals surface area contributed by atoms with E-state index in [0.717, 1.165) is 43.5 Å². The van der Waals surface area contributed by atoms with Crippen LogP contribution in [-0.4, -0.2) is 19.7 Å². The molecule has 1 aliphatic heterocycles. The Morgan fingerprint density at radius 3 is 2.94 bits per heavy atom. The third-order valence-electron chi connectivity index (χ3n) is 3.41. The Bertz CT molecular complexity index is 392. The van der Waals surface area contributed by atoms with Gasteiger partial charge in [0.25, 0.3) is 0 Å². The molecule has 1 aromatic rings. The molecule has 0 spiro atoms. The lowest BCUT2D eigenvalue weighted by molar-refractivity contribution is 0.317. The molecular formula is C15H24N2O. The molecule has 1 saturated heterocycles. The average Bonchev–Trinajstić information content (AvgIpc) is 2.36. The van der Waals surface area contributed by atoms with E-state index in [1.54, 1.807) is 0 Å². The average molecular weight is 248 g/mol. The molecule has 3 nitrogen and oxygen atoms in total. The molecule has 0 saturated carbocycles. The second-order valence-electron chi connectivity index (χ2n) is 5.30. The molecule has 18 heavy (non-hydrogen) atoms. The van der Waals surface area contributed by atoms with Crippen molar-refractivity contribution in [1.29, 1.82) is 0 Å². The summed E-state index contributed by atoms with van der Waals surface area (Å²) in [6.07, 6.45) is 3.62. The first-order valence-corrected chi connectivity index (χ1v) is 6.97. The molecular weight excluding hydrogens is 224 g/mol. The smallest absolute Gasteiger partial charge is 0.123 e. The van der Waals surface area contributed by atoms with Crippen LogP contribution in [0.25, 0.3) is 0 Å². The van der Waals surface area contributed by atoms with Crippen LogP contribution in [0, 0.1) is 5.92 Å². The van der Waals surface area contributed by atoms with E-state index >= 15 is 0 Å². The lowest BCUT2D eigenvalue weighted by atomic mass is 9.99. The van der Waals surface area contributed by atoms with Gasteiger partial charge in [-0.3, -0.25) is 0 Å². The maximum Gasteiger partial charge on any atom is 0.123 e. The van der Waals surface area contributed by atoms with Crippen molar-refractivity contribution < 1.29 is 4.74 Å². The maximum atomic E-state index is 5.97. The molecule has 1 unspecified atom stereocenters. The van der Waals surface area contributed by atoms with Gasteiger partial charge in [0.1, 0.15) is 5.75 Å². The molecule has 2 N–H and O–H groups in total. The van der Waals surface area contributed by atoms with Crippen molar-refractivity contribution in [3.8, 4) is 5.75 Å². The van der Waals surface area contributed by atoms with Crippen LogP contribution in [0.2, 0.25) is 0 Å². The second kappa shape index (κ2) is 5.98. The fourth-order valence-corrected chi connectivity index (χ4v) is 2.52. The van der Waals surface area contributed by atoms with Crippen molar-refractivity contribution in [2.45, 2.75) is 33.1 Å². The standard InChI is InChI=1S/C15H24N2O/c1-3-7-18-15-9-13(16)8-14(10-15)17-6-4-5-12(2)11-17/h8-10,12H,3-7,11,16H2,1-2H3. The Balaban J connectivity index is 2.13. The van der Waals surface area contributed by atoms with E-state index in [0.29, 0.717) is 0 Å². The summed E-state index contributed by atoms with van der Waals surface area (Å²) >= 11 is 0. The number of piperidine rings is 1. The van der Waals surface area contributed by atoms with Gasteiger partial charge in [0.15, 0.2) is 0 Å². The number of ether oxygens (including phenoxy) is 1. The van der Waals surface area contributed by atoms with Crippen LogP contribution in [0.3, 0.4) is 0 Å². The van der Waals surface area contributed by atoms with E-state index in [2.05, 4.69) is 30.9 Å². The number of hydrogen-bond donors (Lipinski definition) is 1. The maximum absolute atomic E-state index is 5.97. The number of anilines is 2. The minimum atomic E-state index is 0.749. The van der Waals surface area contributed by atoms with Gasteiger partial charge >= 0.3 is 0 Å². The van der Waals surface area contributed by atoms with E-state index in [-0.39, 0.29) is 0 Å². The van der Waals surface area contributed by atoms with Gasteiger partial charge in [0.05, 0.1) is 6.61 Å². The second-order valence-corrected chi connectivity index (χ2v) is 5.30. The summed E-state index contributed by atoms with van der Waals surface area (Å²) in [5, 5.41) is 0. The Labute approximate surface area is 110 Å². The van der Waals surface area contributed by atoms with Crippen molar-refractivity contribution in [1.82, 2.24) is 0 Å². The zero-order valence-electron chi connectivity index (χ0n) is 11.5. The highest BCUT2D eigenvalue weighted by Gasteiger charge is 2.17. The van der Waals surface area contributed by atoms with Gasteiger partial charge in [0.2, 0.25) is 0 Å². The molecule has 1 aliphatic rings.